The standard InChI is InChI=1S/C17H14Cl2FNO3/c1-9-3-4-12(19)8-15(9)21-16(22)10(2)24-17(23)13-6-5-11(18)7-14(13)20/h3-8,10H,1-2H3,(H,21,22)/t10-/m0/s1. The van der Waals surface area contributed by atoms with Crippen molar-refractivity contribution < 1.29 is 18.7 Å². The van der Waals surface area contributed by atoms with Crippen LogP contribution in [0.15, 0.2) is 36.4 Å². The number of benzene rings is 2. The van der Waals surface area contributed by atoms with E-state index in [1.807, 2.05) is 0 Å². The number of ether oxygens (including phenoxy) is 1. The van der Waals surface area contributed by atoms with E-state index in [9.17, 15) is 14.0 Å². The zero-order valence-corrected chi connectivity index (χ0v) is 14.4. The Bertz CT molecular complexity index is 795. The zero-order chi connectivity index (χ0) is 17.9. The molecule has 4 nitrogen and oxygen atoms in total. The number of rotatable bonds is 4. The van der Waals surface area contributed by atoms with Crippen LogP contribution in [0.1, 0.15) is 22.8 Å². The number of nitrogens with one attached hydrogen (secondary N) is 1. The van der Waals surface area contributed by atoms with Crippen LogP contribution in [0.3, 0.4) is 0 Å². The van der Waals surface area contributed by atoms with E-state index in [1.54, 1.807) is 25.1 Å². The van der Waals surface area contributed by atoms with Crippen LogP contribution in [-0.2, 0) is 9.53 Å². The fourth-order valence-electron chi connectivity index (χ4n) is 1.90. The molecule has 0 aliphatic rings. The van der Waals surface area contributed by atoms with Gasteiger partial charge in [0.25, 0.3) is 5.91 Å². The van der Waals surface area contributed by atoms with E-state index >= 15 is 0 Å². The molecule has 1 amide bonds. The van der Waals surface area contributed by atoms with Crippen molar-refractivity contribution in [3.05, 3.63) is 63.4 Å². The van der Waals surface area contributed by atoms with Gasteiger partial charge < -0.3 is 10.1 Å². The molecule has 0 bridgehead atoms. The van der Waals surface area contributed by atoms with E-state index in [2.05, 4.69) is 5.32 Å². The zero-order valence-electron chi connectivity index (χ0n) is 12.9. The number of carbonyl (C=O) groups excluding carboxylic acids is 2. The molecular weight excluding hydrogens is 356 g/mol. The molecular formula is C17H14Cl2FNO3. The molecule has 2 aromatic rings. The van der Waals surface area contributed by atoms with Gasteiger partial charge >= 0.3 is 5.97 Å². The lowest BCUT2D eigenvalue weighted by atomic mass is 10.2. The van der Waals surface area contributed by atoms with E-state index < -0.39 is 23.8 Å². The number of anilines is 1. The number of esters is 1. The summed E-state index contributed by atoms with van der Waals surface area (Å²) >= 11 is 11.5. The van der Waals surface area contributed by atoms with Gasteiger partial charge in [-0.1, -0.05) is 29.3 Å². The molecule has 0 aliphatic heterocycles. The van der Waals surface area contributed by atoms with Crippen LogP contribution in [-0.4, -0.2) is 18.0 Å². The Labute approximate surface area is 148 Å². The fraction of sp³-hybridized carbons (Fsp3) is 0.176. The molecule has 24 heavy (non-hydrogen) atoms. The minimum atomic E-state index is -1.12. The lowest BCUT2D eigenvalue weighted by molar-refractivity contribution is -0.123. The van der Waals surface area contributed by atoms with E-state index in [1.165, 1.54) is 19.1 Å². The van der Waals surface area contributed by atoms with Gasteiger partial charge in [0.15, 0.2) is 6.10 Å². The quantitative estimate of drug-likeness (QED) is 0.799. The molecule has 2 aromatic carbocycles. The summed E-state index contributed by atoms with van der Waals surface area (Å²) in [4.78, 5) is 24.1. The Balaban J connectivity index is 2.05. The average molecular weight is 370 g/mol. The molecule has 0 unspecified atom stereocenters. The molecule has 0 aliphatic carbocycles. The first-order valence-corrected chi connectivity index (χ1v) is 7.76. The van der Waals surface area contributed by atoms with Gasteiger partial charge in [0.05, 0.1) is 5.56 Å². The summed E-state index contributed by atoms with van der Waals surface area (Å²) < 4.78 is 18.7. The molecule has 126 valence electrons. The van der Waals surface area contributed by atoms with Crippen molar-refractivity contribution in [3.63, 3.8) is 0 Å². The Morgan fingerprint density at radius 2 is 1.75 bits per heavy atom. The third-order valence-electron chi connectivity index (χ3n) is 3.26. The molecule has 0 saturated carbocycles. The topological polar surface area (TPSA) is 55.4 Å². The normalized spacial score (nSPS) is 11.7. The number of aryl methyl sites for hydroxylation is 1. The highest BCUT2D eigenvalue weighted by atomic mass is 35.5. The minimum absolute atomic E-state index is 0.159. The van der Waals surface area contributed by atoms with E-state index in [4.69, 9.17) is 27.9 Å². The van der Waals surface area contributed by atoms with Gasteiger partial charge in [0, 0.05) is 15.7 Å². The number of carbonyl (C=O) groups is 2. The molecule has 2 rings (SSSR count). The number of halogens is 3. The maximum atomic E-state index is 13.7. The van der Waals surface area contributed by atoms with E-state index in [0.29, 0.717) is 10.7 Å². The molecule has 0 spiro atoms. The Morgan fingerprint density at radius 1 is 1.12 bits per heavy atom. The van der Waals surface area contributed by atoms with Crippen molar-refractivity contribution in [2.75, 3.05) is 5.32 Å². The summed E-state index contributed by atoms with van der Waals surface area (Å²) in [7, 11) is 0. The summed E-state index contributed by atoms with van der Waals surface area (Å²) in [5, 5.41) is 3.24. The highest BCUT2D eigenvalue weighted by Crippen LogP contribution is 2.21. The van der Waals surface area contributed by atoms with Crippen molar-refractivity contribution in [1.29, 1.82) is 0 Å². The fourth-order valence-corrected chi connectivity index (χ4v) is 2.23. The average Bonchev–Trinajstić information content (AvgIpc) is 2.50. The highest BCUT2D eigenvalue weighted by Gasteiger charge is 2.21. The van der Waals surface area contributed by atoms with E-state index in [0.717, 1.165) is 11.6 Å². The molecule has 0 aromatic heterocycles. The third-order valence-corrected chi connectivity index (χ3v) is 3.73. The predicted molar refractivity (Wildman–Crippen MR) is 91.1 cm³/mol. The maximum absolute atomic E-state index is 13.7. The van der Waals surface area contributed by atoms with Crippen molar-refractivity contribution in [1.82, 2.24) is 0 Å². The van der Waals surface area contributed by atoms with Crippen molar-refractivity contribution in [2.45, 2.75) is 20.0 Å². The van der Waals surface area contributed by atoms with Crippen LogP contribution in [0, 0.1) is 12.7 Å². The largest absolute Gasteiger partial charge is 0.449 e. The SMILES string of the molecule is Cc1ccc(Cl)cc1NC(=O)[C@H](C)OC(=O)c1ccc(Cl)cc1F. The van der Waals surface area contributed by atoms with Crippen LogP contribution >= 0.6 is 23.2 Å². The summed E-state index contributed by atoms with van der Waals surface area (Å²) in [5.41, 5.74) is 1.01. The highest BCUT2D eigenvalue weighted by molar-refractivity contribution is 6.31. The second-order valence-corrected chi connectivity index (χ2v) is 5.99. The minimum Gasteiger partial charge on any atom is -0.449 e. The van der Waals surface area contributed by atoms with Gasteiger partial charge in [-0.05, 0) is 49.7 Å². The molecule has 1 atom stereocenters. The molecule has 0 fully saturated rings. The van der Waals surface area contributed by atoms with Crippen LogP contribution in [0.5, 0.6) is 0 Å². The van der Waals surface area contributed by atoms with Crippen molar-refractivity contribution in [2.24, 2.45) is 0 Å². The molecule has 0 saturated heterocycles. The van der Waals surface area contributed by atoms with Crippen molar-refractivity contribution in [3.8, 4) is 0 Å². The summed E-state index contributed by atoms with van der Waals surface area (Å²) in [6, 6.07) is 8.59. The van der Waals surface area contributed by atoms with Crippen molar-refractivity contribution >= 4 is 40.8 Å². The van der Waals surface area contributed by atoms with Crippen LogP contribution < -0.4 is 5.32 Å². The van der Waals surface area contributed by atoms with Crippen LogP contribution in [0.25, 0.3) is 0 Å². The smallest absolute Gasteiger partial charge is 0.341 e. The first kappa shape index (κ1) is 18.2. The molecule has 0 heterocycles. The Kier molecular flexibility index (Phi) is 5.80. The predicted octanol–water partition coefficient (Wildman–Crippen LogP) is 4.62. The maximum Gasteiger partial charge on any atom is 0.341 e. The second kappa shape index (κ2) is 7.64. The first-order chi connectivity index (χ1) is 11.3. The Morgan fingerprint density at radius 3 is 2.42 bits per heavy atom. The summed E-state index contributed by atoms with van der Waals surface area (Å²) in [5.74, 6) is -2.32. The lowest BCUT2D eigenvalue weighted by Gasteiger charge is -2.15. The summed E-state index contributed by atoms with van der Waals surface area (Å²) in [6.07, 6.45) is -1.12. The number of amides is 1. The molecule has 0 radical (unpaired) electrons. The second-order valence-electron chi connectivity index (χ2n) is 5.12. The van der Waals surface area contributed by atoms with Gasteiger partial charge in [-0.15, -0.1) is 0 Å². The van der Waals surface area contributed by atoms with Gasteiger partial charge in [0.1, 0.15) is 5.82 Å². The van der Waals surface area contributed by atoms with Gasteiger partial charge in [-0.3, -0.25) is 4.79 Å². The summed E-state index contributed by atoms with van der Waals surface area (Å²) in [6.45, 7) is 3.19. The third kappa shape index (κ3) is 4.46. The van der Waals surface area contributed by atoms with Gasteiger partial charge in [-0.2, -0.15) is 0 Å². The van der Waals surface area contributed by atoms with Crippen LogP contribution in [0.2, 0.25) is 10.0 Å². The number of hydrogen-bond donors (Lipinski definition) is 1. The van der Waals surface area contributed by atoms with Gasteiger partial charge in [0.2, 0.25) is 0 Å². The first-order valence-electron chi connectivity index (χ1n) is 7.01. The van der Waals surface area contributed by atoms with Crippen LogP contribution in [0.4, 0.5) is 10.1 Å². The Hall–Kier alpha value is -2.11. The van der Waals surface area contributed by atoms with E-state index in [-0.39, 0.29) is 10.6 Å². The number of hydrogen-bond acceptors (Lipinski definition) is 3. The molecule has 7 heteroatoms. The van der Waals surface area contributed by atoms with Gasteiger partial charge in [-0.25, -0.2) is 9.18 Å². The monoisotopic (exact) mass is 369 g/mol. The lowest BCUT2D eigenvalue weighted by Crippen LogP contribution is -2.30. The molecule has 1 N–H and O–H groups in total.